The number of nitrogens with zero attached hydrogens (tertiary/aromatic N) is 1. The molecule has 0 amide bonds. The van der Waals surface area contributed by atoms with Crippen molar-refractivity contribution < 1.29 is 8.83 Å². The maximum Gasteiger partial charge on any atom is 0.143 e. The molecule has 12 aromatic rings. The minimum Gasteiger partial charge on any atom is -0.456 e. The van der Waals surface area contributed by atoms with E-state index in [1.54, 1.807) is 0 Å². The van der Waals surface area contributed by atoms with Gasteiger partial charge in [0.2, 0.25) is 0 Å². The topological polar surface area (TPSA) is 29.5 Å². The Balaban J connectivity index is 1.00. The Morgan fingerprint density at radius 3 is 1.14 bits per heavy atom. The average molecular weight is 806 g/mol. The molecule has 0 saturated heterocycles. The van der Waals surface area contributed by atoms with E-state index in [9.17, 15) is 0 Å². The van der Waals surface area contributed by atoms with E-state index in [2.05, 4.69) is 217 Å². The number of furan rings is 2. The molecule has 0 spiro atoms. The molecule has 2 aromatic heterocycles. The lowest BCUT2D eigenvalue weighted by Crippen LogP contribution is -2.09. The predicted molar refractivity (Wildman–Crippen MR) is 263 cm³/mol. The second-order valence-corrected chi connectivity index (χ2v) is 16.1. The standard InChI is InChI=1S/C60H39NO2/c1-4-12-40(13-5-1)43-20-22-46(23-21-43)48-38-53(60-54(39-48)59-57(63-60)37-36-56-58(59)52-18-10-11-19-55(52)62-56)47-28-34-51(35-29-47)61(49-30-24-44(25-31-49)41-14-6-2-7-15-41)50-32-26-45(27-33-50)42-16-8-3-9-17-42/h1-39H. The predicted octanol–water partition coefficient (Wildman–Crippen LogP) is 17.3. The number of para-hydroxylation sites is 1. The van der Waals surface area contributed by atoms with E-state index in [-0.39, 0.29) is 0 Å². The third-order valence-electron chi connectivity index (χ3n) is 12.3. The molecule has 0 aliphatic rings. The lowest BCUT2D eigenvalue weighted by molar-refractivity contribution is 0.663. The summed E-state index contributed by atoms with van der Waals surface area (Å²) >= 11 is 0. The fraction of sp³-hybridized carbons (Fsp3) is 0. The zero-order chi connectivity index (χ0) is 41.7. The molecule has 0 atom stereocenters. The molecule has 0 radical (unpaired) electrons. The summed E-state index contributed by atoms with van der Waals surface area (Å²) in [5.74, 6) is 0. The van der Waals surface area contributed by atoms with Crippen LogP contribution in [-0.2, 0) is 0 Å². The van der Waals surface area contributed by atoms with Crippen molar-refractivity contribution in [2.45, 2.75) is 0 Å². The van der Waals surface area contributed by atoms with Crippen LogP contribution in [0.15, 0.2) is 245 Å². The van der Waals surface area contributed by atoms with E-state index in [0.717, 1.165) is 83.2 Å². The molecule has 296 valence electrons. The van der Waals surface area contributed by atoms with Crippen LogP contribution in [0.1, 0.15) is 0 Å². The van der Waals surface area contributed by atoms with Crippen LogP contribution in [0.25, 0.3) is 99.5 Å². The van der Waals surface area contributed by atoms with Crippen molar-refractivity contribution in [3.63, 3.8) is 0 Å². The van der Waals surface area contributed by atoms with Crippen LogP contribution >= 0.6 is 0 Å². The van der Waals surface area contributed by atoms with Gasteiger partial charge in [-0.1, -0.05) is 170 Å². The normalized spacial score (nSPS) is 11.5. The van der Waals surface area contributed by atoms with Crippen molar-refractivity contribution in [2.24, 2.45) is 0 Å². The molecule has 0 saturated carbocycles. The van der Waals surface area contributed by atoms with Gasteiger partial charge in [0.25, 0.3) is 0 Å². The second kappa shape index (κ2) is 15.3. The number of hydrogen-bond donors (Lipinski definition) is 0. The molecule has 3 nitrogen and oxygen atoms in total. The molecule has 10 aromatic carbocycles. The zero-order valence-corrected chi connectivity index (χ0v) is 34.3. The Labute approximate surface area is 365 Å². The highest BCUT2D eigenvalue weighted by atomic mass is 16.3. The van der Waals surface area contributed by atoms with Crippen molar-refractivity contribution in [3.8, 4) is 55.6 Å². The Morgan fingerprint density at radius 1 is 0.254 bits per heavy atom. The maximum atomic E-state index is 6.89. The fourth-order valence-electron chi connectivity index (χ4n) is 9.16. The SMILES string of the molecule is c1ccc(-c2ccc(-c3cc(-c4ccc(N(c5ccc(-c6ccccc6)cc5)c5ccc(-c6ccccc6)cc5)cc4)c4oc5ccc6oc7ccccc7c6c5c4c3)cc2)cc1. The lowest BCUT2D eigenvalue weighted by atomic mass is 9.94. The molecule has 12 rings (SSSR count). The quantitative estimate of drug-likeness (QED) is 0.153. The van der Waals surface area contributed by atoms with Gasteiger partial charge in [0.1, 0.15) is 22.3 Å². The Kier molecular flexibility index (Phi) is 8.83. The summed E-state index contributed by atoms with van der Waals surface area (Å²) in [7, 11) is 0. The average Bonchev–Trinajstić information content (AvgIpc) is 3.94. The molecule has 0 fully saturated rings. The van der Waals surface area contributed by atoms with Crippen molar-refractivity contribution in [1.82, 2.24) is 0 Å². The molecule has 63 heavy (non-hydrogen) atoms. The van der Waals surface area contributed by atoms with E-state index in [4.69, 9.17) is 8.83 Å². The van der Waals surface area contributed by atoms with Crippen molar-refractivity contribution >= 4 is 60.9 Å². The van der Waals surface area contributed by atoms with E-state index < -0.39 is 0 Å². The third kappa shape index (κ3) is 6.55. The monoisotopic (exact) mass is 805 g/mol. The van der Waals surface area contributed by atoms with Gasteiger partial charge in [-0.15, -0.1) is 0 Å². The van der Waals surface area contributed by atoms with Gasteiger partial charge in [-0.05, 0) is 117 Å². The zero-order valence-electron chi connectivity index (χ0n) is 34.3. The highest BCUT2D eigenvalue weighted by Gasteiger charge is 2.21. The number of fused-ring (bicyclic) bond motifs is 7. The molecule has 3 heteroatoms. The van der Waals surface area contributed by atoms with Crippen LogP contribution < -0.4 is 4.90 Å². The molecule has 2 heterocycles. The molecule has 0 aliphatic heterocycles. The molecular weight excluding hydrogens is 767 g/mol. The Bertz CT molecular complexity index is 3470. The Hall–Kier alpha value is -8.40. The van der Waals surface area contributed by atoms with Gasteiger partial charge in [0.15, 0.2) is 0 Å². The van der Waals surface area contributed by atoms with Crippen LogP contribution in [0, 0.1) is 0 Å². The number of rotatable bonds is 8. The highest BCUT2D eigenvalue weighted by Crippen LogP contribution is 2.45. The summed E-state index contributed by atoms with van der Waals surface area (Å²) in [6, 6.07) is 84.0. The van der Waals surface area contributed by atoms with Gasteiger partial charge >= 0.3 is 0 Å². The van der Waals surface area contributed by atoms with Gasteiger partial charge in [-0.2, -0.15) is 0 Å². The van der Waals surface area contributed by atoms with Gasteiger partial charge in [0.05, 0.1) is 0 Å². The summed E-state index contributed by atoms with van der Waals surface area (Å²) in [6.45, 7) is 0. The molecule has 0 aliphatic carbocycles. The number of benzene rings is 10. The molecule has 0 N–H and O–H groups in total. The van der Waals surface area contributed by atoms with Crippen LogP contribution in [0.5, 0.6) is 0 Å². The van der Waals surface area contributed by atoms with Crippen molar-refractivity contribution in [2.75, 3.05) is 4.90 Å². The summed E-state index contributed by atoms with van der Waals surface area (Å²) in [6.07, 6.45) is 0. The smallest absolute Gasteiger partial charge is 0.143 e. The first-order valence-electron chi connectivity index (χ1n) is 21.4. The molecular formula is C60H39NO2. The van der Waals surface area contributed by atoms with Crippen LogP contribution in [0.4, 0.5) is 17.1 Å². The van der Waals surface area contributed by atoms with Gasteiger partial charge < -0.3 is 13.7 Å². The minimum atomic E-state index is 0.836. The number of anilines is 3. The Morgan fingerprint density at radius 2 is 0.635 bits per heavy atom. The summed E-state index contributed by atoms with van der Waals surface area (Å²) in [4.78, 5) is 2.33. The van der Waals surface area contributed by atoms with Gasteiger partial charge in [-0.3, -0.25) is 0 Å². The first-order valence-corrected chi connectivity index (χ1v) is 21.4. The van der Waals surface area contributed by atoms with E-state index in [1.165, 1.54) is 33.4 Å². The van der Waals surface area contributed by atoms with E-state index in [1.807, 2.05) is 24.3 Å². The summed E-state index contributed by atoms with van der Waals surface area (Å²) in [5, 5.41) is 4.28. The first kappa shape index (κ1) is 36.5. The summed E-state index contributed by atoms with van der Waals surface area (Å²) in [5.41, 5.74) is 18.1. The van der Waals surface area contributed by atoms with Crippen molar-refractivity contribution in [3.05, 3.63) is 237 Å². The molecule has 0 unspecified atom stereocenters. The fourth-order valence-corrected chi connectivity index (χ4v) is 9.16. The van der Waals surface area contributed by atoms with E-state index in [0.29, 0.717) is 0 Å². The molecule has 0 bridgehead atoms. The van der Waals surface area contributed by atoms with E-state index >= 15 is 0 Å². The number of hydrogen-bond acceptors (Lipinski definition) is 3. The lowest BCUT2D eigenvalue weighted by Gasteiger charge is -2.26. The van der Waals surface area contributed by atoms with Gasteiger partial charge in [0, 0.05) is 44.2 Å². The second-order valence-electron chi connectivity index (χ2n) is 16.1. The van der Waals surface area contributed by atoms with Crippen LogP contribution in [0.2, 0.25) is 0 Å². The first-order chi connectivity index (χ1) is 31.2. The minimum absolute atomic E-state index is 0.836. The highest BCUT2D eigenvalue weighted by molar-refractivity contribution is 6.27. The van der Waals surface area contributed by atoms with Crippen LogP contribution in [0.3, 0.4) is 0 Å². The van der Waals surface area contributed by atoms with Gasteiger partial charge in [-0.25, -0.2) is 0 Å². The summed E-state index contributed by atoms with van der Waals surface area (Å²) < 4.78 is 13.3. The maximum absolute atomic E-state index is 6.89. The largest absolute Gasteiger partial charge is 0.456 e. The van der Waals surface area contributed by atoms with Crippen molar-refractivity contribution in [1.29, 1.82) is 0 Å². The van der Waals surface area contributed by atoms with Crippen LogP contribution in [-0.4, -0.2) is 0 Å². The third-order valence-corrected chi connectivity index (χ3v) is 12.3.